The minimum Gasteiger partial charge on any atom is -0.464 e. The molecule has 0 fully saturated rings. The van der Waals surface area contributed by atoms with Crippen molar-refractivity contribution in [1.82, 2.24) is 15.3 Å². The van der Waals surface area contributed by atoms with Gasteiger partial charge in [-0.1, -0.05) is 0 Å². The Hall–Kier alpha value is -2.45. The summed E-state index contributed by atoms with van der Waals surface area (Å²) in [6.07, 6.45) is 4.28. The summed E-state index contributed by atoms with van der Waals surface area (Å²) in [5.41, 5.74) is 8.51. The summed E-state index contributed by atoms with van der Waals surface area (Å²) < 4.78 is 28.2. The third kappa shape index (κ3) is 3.97. The molecule has 3 N–H and O–H groups in total. The van der Waals surface area contributed by atoms with Crippen molar-refractivity contribution in [3.05, 3.63) is 42.4 Å². The molecule has 2 heterocycles. The zero-order chi connectivity index (χ0) is 18.0. The lowest BCUT2D eigenvalue weighted by atomic mass is 10.0. The van der Waals surface area contributed by atoms with E-state index in [4.69, 9.17) is 10.2 Å². The van der Waals surface area contributed by atoms with Crippen LogP contribution in [0, 0.1) is 0 Å². The van der Waals surface area contributed by atoms with Crippen molar-refractivity contribution >= 4 is 26.6 Å². The van der Waals surface area contributed by atoms with Gasteiger partial charge in [-0.3, -0.25) is 0 Å². The smallest absolute Gasteiger partial charge is 0.148 e. The van der Waals surface area contributed by atoms with Gasteiger partial charge in [0.15, 0.2) is 0 Å². The van der Waals surface area contributed by atoms with Gasteiger partial charge in [0.1, 0.15) is 27.7 Å². The second-order valence-electron chi connectivity index (χ2n) is 6.00. The summed E-state index contributed by atoms with van der Waals surface area (Å²) in [5.74, 6) is 1.22. The lowest BCUT2D eigenvalue weighted by Crippen LogP contribution is -2.25. The van der Waals surface area contributed by atoms with Crippen molar-refractivity contribution in [2.24, 2.45) is 0 Å². The van der Waals surface area contributed by atoms with Crippen LogP contribution in [0.5, 0.6) is 0 Å². The highest BCUT2D eigenvalue weighted by molar-refractivity contribution is 7.90. The van der Waals surface area contributed by atoms with Gasteiger partial charge in [-0.15, -0.1) is 0 Å². The Balaban J connectivity index is 1.87. The molecule has 0 amide bonds. The number of nitrogens with two attached hydrogens (primary N) is 1. The third-order valence-electron chi connectivity index (χ3n) is 4.01. The molecular weight excluding hydrogens is 340 g/mol. The molecule has 8 heteroatoms. The average Bonchev–Trinajstić information content (AvgIpc) is 3.03. The standard InChI is InChI=1S/C17H20N4O3S/c1-11(19-6-8-25(2,22)23)13-5-7-24-16(13)12-3-4-15-14(9-12)17(18)21-10-20-15/h3-5,7,9-11,19H,6,8H2,1-2H3,(H2,18,20,21). The first-order chi connectivity index (χ1) is 11.8. The van der Waals surface area contributed by atoms with Gasteiger partial charge in [-0.2, -0.15) is 0 Å². The molecule has 3 rings (SSSR count). The van der Waals surface area contributed by atoms with Gasteiger partial charge in [0.2, 0.25) is 0 Å². The first-order valence-electron chi connectivity index (χ1n) is 7.84. The molecule has 0 aliphatic heterocycles. The highest BCUT2D eigenvalue weighted by atomic mass is 32.2. The number of fused-ring (bicyclic) bond motifs is 1. The van der Waals surface area contributed by atoms with Gasteiger partial charge in [0, 0.05) is 35.4 Å². The van der Waals surface area contributed by atoms with Crippen LogP contribution >= 0.6 is 0 Å². The van der Waals surface area contributed by atoms with Crippen LogP contribution in [0.1, 0.15) is 18.5 Å². The molecule has 1 aromatic carbocycles. The summed E-state index contributed by atoms with van der Waals surface area (Å²) in [4.78, 5) is 8.21. The fraction of sp³-hybridized carbons (Fsp3) is 0.294. The van der Waals surface area contributed by atoms with E-state index in [9.17, 15) is 8.42 Å². The molecule has 132 valence electrons. The molecule has 0 spiro atoms. The highest BCUT2D eigenvalue weighted by Crippen LogP contribution is 2.32. The Kier molecular flexibility index (Phi) is 4.73. The van der Waals surface area contributed by atoms with Crippen LogP contribution in [0.15, 0.2) is 41.3 Å². The monoisotopic (exact) mass is 360 g/mol. The molecule has 2 aromatic heterocycles. The maximum Gasteiger partial charge on any atom is 0.148 e. The van der Waals surface area contributed by atoms with Gasteiger partial charge in [-0.25, -0.2) is 18.4 Å². The van der Waals surface area contributed by atoms with Crippen LogP contribution in [-0.4, -0.2) is 36.9 Å². The van der Waals surface area contributed by atoms with Gasteiger partial charge < -0.3 is 15.5 Å². The van der Waals surface area contributed by atoms with Crippen molar-refractivity contribution < 1.29 is 12.8 Å². The Morgan fingerprint density at radius 1 is 1.28 bits per heavy atom. The van der Waals surface area contributed by atoms with Gasteiger partial charge in [0.05, 0.1) is 17.5 Å². The summed E-state index contributed by atoms with van der Waals surface area (Å²) in [6, 6.07) is 7.51. The van der Waals surface area contributed by atoms with E-state index >= 15 is 0 Å². The number of aromatic nitrogens is 2. The van der Waals surface area contributed by atoms with E-state index in [0.717, 1.165) is 22.0 Å². The molecule has 0 saturated carbocycles. The summed E-state index contributed by atoms with van der Waals surface area (Å²) in [6.45, 7) is 2.35. The Bertz CT molecular complexity index is 998. The molecule has 0 bridgehead atoms. The third-order valence-corrected chi connectivity index (χ3v) is 4.96. The molecule has 1 atom stereocenters. The molecule has 1 unspecified atom stereocenters. The molecule has 3 aromatic rings. The summed E-state index contributed by atoms with van der Waals surface area (Å²) in [7, 11) is -2.99. The quantitative estimate of drug-likeness (QED) is 0.693. The van der Waals surface area contributed by atoms with E-state index in [1.54, 1.807) is 6.26 Å². The number of hydrogen-bond donors (Lipinski definition) is 2. The summed E-state index contributed by atoms with van der Waals surface area (Å²) in [5, 5.41) is 3.98. The van der Waals surface area contributed by atoms with Crippen molar-refractivity contribution in [2.45, 2.75) is 13.0 Å². The van der Waals surface area contributed by atoms with E-state index in [1.807, 2.05) is 31.2 Å². The summed E-state index contributed by atoms with van der Waals surface area (Å²) >= 11 is 0. The second-order valence-corrected chi connectivity index (χ2v) is 8.26. The molecule has 0 aliphatic carbocycles. The molecular formula is C17H20N4O3S. The normalized spacial score (nSPS) is 13.2. The Morgan fingerprint density at radius 2 is 2.08 bits per heavy atom. The number of nitrogen functional groups attached to an aromatic ring is 1. The Labute approximate surface area is 146 Å². The number of hydrogen-bond acceptors (Lipinski definition) is 7. The Morgan fingerprint density at radius 3 is 2.84 bits per heavy atom. The minimum atomic E-state index is -2.99. The van der Waals surface area contributed by atoms with Crippen LogP contribution in [0.4, 0.5) is 5.82 Å². The van der Waals surface area contributed by atoms with Crippen molar-refractivity contribution in [2.75, 3.05) is 24.3 Å². The number of furan rings is 1. The van der Waals surface area contributed by atoms with Crippen LogP contribution in [-0.2, 0) is 9.84 Å². The SMILES string of the molecule is CC(NCCS(C)(=O)=O)c1ccoc1-c1ccc2ncnc(N)c2c1. The number of benzene rings is 1. The topological polar surface area (TPSA) is 111 Å². The van der Waals surface area contributed by atoms with Crippen LogP contribution in [0.3, 0.4) is 0 Å². The zero-order valence-electron chi connectivity index (χ0n) is 14.1. The molecule has 0 radical (unpaired) electrons. The maximum atomic E-state index is 11.3. The van der Waals surface area contributed by atoms with E-state index in [1.165, 1.54) is 12.6 Å². The predicted molar refractivity (Wildman–Crippen MR) is 97.8 cm³/mol. The molecule has 0 saturated heterocycles. The predicted octanol–water partition coefficient (Wildman–Crippen LogP) is 2.17. The van der Waals surface area contributed by atoms with Gasteiger partial charge >= 0.3 is 0 Å². The lowest BCUT2D eigenvalue weighted by Gasteiger charge is -2.14. The minimum absolute atomic E-state index is 0.0597. The fourth-order valence-electron chi connectivity index (χ4n) is 2.68. The van der Waals surface area contributed by atoms with Crippen molar-refractivity contribution in [1.29, 1.82) is 0 Å². The molecule has 0 aliphatic rings. The fourth-order valence-corrected chi connectivity index (χ4v) is 3.17. The van der Waals surface area contributed by atoms with Crippen molar-refractivity contribution in [3.8, 4) is 11.3 Å². The number of sulfone groups is 1. The van der Waals surface area contributed by atoms with E-state index < -0.39 is 9.84 Å². The number of rotatable bonds is 6. The van der Waals surface area contributed by atoms with Crippen LogP contribution < -0.4 is 11.1 Å². The second kappa shape index (κ2) is 6.81. The molecule has 25 heavy (non-hydrogen) atoms. The van der Waals surface area contributed by atoms with E-state index in [2.05, 4.69) is 15.3 Å². The average molecular weight is 360 g/mol. The van der Waals surface area contributed by atoms with Crippen molar-refractivity contribution in [3.63, 3.8) is 0 Å². The number of anilines is 1. The zero-order valence-corrected chi connectivity index (χ0v) is 14.9. The first kappa shape index (κ1) is 17.4. The van der Waals surface area contributed by atoms with Gasteiger partial charge in [-0.05, 0) is 31.2 Å². The molecule has 7 nitrogen and oxygen atoms in total. The number of nitrogens with one attached hydrogen (secondary N) is 1. The van der Waals surface area contributed by atoms with Crippen LogP contribution in [0.25, 0.3) is 22.2 Å². The van der Waals surface area contributed by atoms with Gasteiger partial charge in [0.25, 0.3) is 0 Å². The highest BCUT2D eigenvalue weighted by Gasteiger charge is 2.16. The lowest BCUT2D eigenvalue weighted by molar-refractivity contribution is 0.556. The maximum absolute atomic E-state index is 11.3. The van der Waals surface area contributed by atoms with E-state index in [0.29, 0.717) is 18.1 Å². The first-order valence-corrected chi connectivity index (χ1v) is 9.90. The largest absolute Gasteiger partial charge is 0.464 e. The number of nitrogens with zero attached hydrogens (tertiary/aromatic N) is 2. The van der Waals surface area contributed by atoms with Crippen LogP contribution in [0.2, 0.25) is 0 Å². The van der Waals surface area contributed by atoms with E-state index in [-0.39, 0.29) is 11.8 Å².